The zero-order valence-electron chi connectivity index (χ0n) is 8.29. The number of alkyl halides is 1. The van der Waals surface area contributed by atoms with E-state index in [0.29, 0.717) is 5.92 Å². The van der Waals surface area contributed by atoms with Crippen molar-refractivity contribution in [2.75, 3.05) is 5.88 Å². The molecule has 74 valence electrons. The minimum absolute atomic E-state index is 0.653. The molecule has 0 amide bonds. The van der Waals surface area contributed by atoms with Crippen LogP contribution in [-0.4, -0.2) is 5.88 Å². The quantitative estimate of drug-likeness (QED) is 0.648. The molecule has 0 aliphatic heterocycles. The Morgan fingerprint density at radius 1 is 1.46 bits per heavy atom. The van der Waals surface area contributed by atoms with Crippen LogP contribution >= 0.6 is 22.9 Å². The van der Waals surface area contributed by atoms with E-state index in [1.54, 1.807) is 0 Å². The number of hydrogen-bond donors (Lipinski definition) is 0. The summed E-state index contributed by atoms with van der Waals surface area (Å²) in [6.45, 7) is 4.52. The number of halogens is 1. The number of rotatable bonds is 5. The van der Waals surface area contributed by atoms with Gasteiger partial charge in [0.25, 0.3) is 0 Å². The third kappa shape index (κ3) is 4.15. The maximum atomic E-state index is 5.93. The standard InChI is InChI=1S/C11H17ClS/c1-9(2)6-10(8-12)7-11-4-3-5-13-11/h3-5,9-10H,6-8H2,1-2H3. The van der Waals surface area contributed by atoms with Gasteiger partial charge >= 0.3 is 0 Å². The van der Waals surface area contributed by atoms with Crippen LogP contribution in [0.3, 0.4) is 0 Å². The summed E-state index contributed by atoms with van der Waals surface area (Å²) in [5, 5.41) is 2.13. The minimum Gasteiger partial charge on any atom is -0.149 e. The van der Waals surface area contributed by atoms with Crippen LogP contribution in [0.15, 0.2) is 17.5 Å². The first-order valence-corrected chi connectivity index (χ1v) is 6.22. The Bertz CT molecular complexity index is 216. The molecule has 2 heteroatoms. The van der Waals surface area contributed by atoms with E-state index in [9.17, 15) is 0 Å². The average Bonchev–Trinajstić information content (AvgIpc) is 2.55. The maximum Gasteiger partial charge on any atom is 0.0255 e. The largest absolute Gasteiger partial charge is 0.149 e. The molecule has 1 rings (SSSR count). The third-order valence-electron chi connectivity index (χ3n) is 2.09. The van der Waals surface area contributed by atoms with Crippen molar-refractivity contribution in [1.29, 1.82) is 0 Å². The van der Waals surface area contributed by atoms with Crippen molar-refractivity contribution in [3.63, 3.8) is 0 Å². The van der Waals surface area contributed by atoms with Gasteiger partial charge in [0.05, 0.1) is 0 Å². The second kappa shape index (κ2) is 5.66. The predicted octanol–water partition coefficient (Wildman–Crippen LogP) is 4.19. The van der Waals surface area contributed by atoms with Crippen molar-refractivity contribution in [3.05, 3.63) is 22.4 Å². The van der Waals surface area contributed by atoms with Gasteiger partial charge in [0, 0.05) is 10.8 Å². The normalized spacial score (nSPS) is 13.5. The highest BCUT2D eigenvalue weighted by atomic mass is 35.5. The van der Waals surface area contributed by atoms with E-state index < -0.39 is 0 Å². The van der Waals surface area contributed by atoms with Gasteiger partial charge in [-0.2, -0.15) is 0 Å². The number of hydrogen-bond acceptors (Lipinski definition) is 1. The first kappa shape index (κ1) is 11.1. The summed E-state index contributed by atoms with van der Waals surface area (Å²) in [7, 11) is 0. The zero-order chi connectivity index (χ0) is 9.68. The Morgan fingerprint density at radius 2 is 2.23 bits per heavy atom. The first-order valence-electron chi connectivity index (χ1n) is 4.80. The van der Waals surface area contributed by atoms with Crippen LogP contribution in [0.5, 0.6) is 0 Å². The fourth-order valence-corrected chi connectivity index (χ4v) is 2.64. The van der Waals surface area contributed by atoms with Gasteiger partial charge in [-0.1, -0.05) is 19.9 Å². The van der Waals surface area contributed by atoms with E-state index in [1.807, 2.05) is 11.3 Å². The van der Waals surface area contributed by atoms with Gasteiger partial charge in [0.1, 0.15) is 0 Å². The van der Waals surface area contributed by atoms with Crippen molar-refractivity contribution in [2.45, 2.75) is 26.7 Å². The van der Waals surface area contributed by atoms with Crippen molar-refractivity contribution in [1.82, 2.24) is 0 Å². The van der Waals surface area contributed by atoms with Crippen molar-refractivity contribution in [3.8, 4) is 0 Å². The highest BCUT2D eigenvalue weighted by Crippen LogP contribution is 2.21. The van der Waals surface area contributed by atoms with Crippen LogP contribution in [0.1, 0.15) is 25.1 Å². The second-order valence-corrected chi connectivity index (χ2v) is 5.27. The molecule has 1 heterocycles. The topological polar surface area (TPSA) is 0 Å². The van der Waals surface area contributed by atoms with Gasteiger partial charge < -0.3 is 0 Å². The molecule has 1 aromatic heterocycles. The first-order chi connectivity index (χ1) is 6.22. The average molecular weight is 217 g/mol. The lowest BCUT2D eigenvalue weighted by Crippen LogP contribution is -2.08. The fourth-order valence-electron chi connectivity index (χ4n) is 1.58. The van der Waals surface area contributed by atoms with Crippen LogP contribution in [0.25, 0.3) is 0 Å². The third-order valence-corrected chi connectivity index (χ3v) is 3.43. The fraction of sp³-hybridized carbons (Fsp3) is 0.636. The minimum atomic E-state index is 0.653. The van der Waals surface area contributed by atoms with Crippen LogP contribution < -0.4 is 0 Å². The van der Waals surface area contributed by atoms with Crippen LogP contribution in [0.4, 0.5) is 0 Å². The molecule has 1 aromatic rings. The van der Waals surface area contributed by atoms with Gasteiger partial charge in [-0.05, 0) is 36.1 Å². The Morgan fingerprint density at radius 3 is 2.69 bits per heavy atom. The summed E-state index contributed by atoms with van der Waals surface area (Å²) >= 11 is 7.77. The summed E-state index contributed by atoms with van der Waals surface area (Å²) in [5.41, 5.74) is 0. The molecule has 0 fully saturated rings. The van der Waals surface area contributed by atoms with E-state index in [0.717, 1.165) is 18.2 Å². The van der Waals surface area contributed by atoms with E-state index in [4.69, 9.17) is 11.6 Å². The van der Waals surface area contributed by atoms with Gasteiger partial charge in [-0.25, -0.2) is 0 Å². The lowest BCUT2D eigenvalue weighted by Gasteiger charge is -2.14. The monoisotopic (exact) mass is 216 g/mol. The molecule has 1 unspecified atom stereocenters. The maximum absolute atomic E-state index is 5.93. The molecule has 0 aliphatic rings. The highest BCUT2D eigenvalue weighted by Gasteiger charge is 2.10. The Hall–Kier alpha value is -0.0100. The van der Waals surface area contributed by atoms with E-state index in [2.05, 4.69) is 31.4 Å². The highest BCUT2D eigenvalue weighted by molar-refractivity contribution is 7.09. The summed E-state index contributed by atoms with van der Waals surface area (Å²) in [6.07, 6.45) is 2.39. The van der Waals surface area contributed by atoms with Gasteiger partial charge in [-0.15, -0.1) is 22.9 Å². The SMILES string of the molecule is CC(C)CC(CCl)Cc1cccs1. The smallest absolute Gasteiger partial charge is 0.0255 e. The lowest BCUT2D eigenvalue weighted by molar-refractivity contribution is 0.443. The molecular weight excluding hydrogens is 200 g/mol. The van der Waals surface area contributed by atoms with Gasteiger partial charge in [-0.3, -0.25) is 0 Å². The molecule has 0 spiro atoms. The molecule has 0 saturated carbocycles. The van der Waals surface area contributed by atoms with Crippen LogP contribution in [0.2, 0.25) is 0 Å². The Balaban J connectivity index is 2.40. The zero-order valence-corrected chi connectivity index (χ0v) is 9.87. The Kier molecular flexibility index (Phi) is 4.82. The molecule has 0 aromatic carbocycles. The summed E-state index contributed by atoms with van der Waals surface area (Å²) in [5.74, 6) is 2.19. The lowest BCUT2D eigenvalue weighted by atomic mass is 9.95. The van der Waals surface area contributed by atoms with E-state index in [-0.39, 0.29) is 0 Å². The van der Waals surface area contributed by atoms with Crippen molar-refractivity contribution < 1.29 is 0 Å². The van der Waals surface area contributed by atoms with Crippen molar-refractivity contribution >= 4 is 22.9 Å². The van der Waals surface area contributed by atoms with Gasteiger partial charge in [0.15, 0.2) is 0 Å². The van der Waals surface area contributed by atoms with Crippen LogP contribution in [-0.2, 0) is 6.42 Å². The molecular formula is C11H17ClS. The molecule has 0 aliphatic carbocycles. The summed E-state index contributed by atoms with van der Waals surface area (Å²) in [4.78, 5) is 1.46. The van der Waals surface area contributed by atoms with Crippen LogP contribution in [0, 0.1) is 11.8 Å². The summed E-state index contributed by atoms with van der Waals surface area (Å²) < 4.78 is 0. The van der Waals surface area contributed by atoms with E-state index in [1.165, 1.54) is 11.3 Å². The molecule has 0 radical (unpaired) electrons. The Labute approximate surface area is 89.9 Å². The molecule has 0 N–H and O–H groups in total. The van der Waals surface area contributed by atoms with Crippen molar-refractivity contribution in [2.24, 2.45) is 11.8 Å². The van der Waals surface area contributed by atoms with Gasteiger partial charge in [0.2, 0.25) is 0 Å². The summed E-state index contributed by atoms with van der Waals surface area (Å²) in [6, 6.07) is 4.31. The molecule has 1 atom stereocenters. The second-order valence-electron chi connectivity index (χ2n) is 3.93. The number of thiophene rings is 1. The predicted molar refractivity (Wildman–Crippen MR) is 61.7 cm³/mol. The van der Waals surface area contributed by atoms with E-state index >= 15 is 0 Å². The molecule has 0 bridgehead atoms. The molecule has 0 saturated heterocycles. The molecule has 0 nitrogen and oxygen atoms in total. The molecule has 13 heavy (non-hydrogen) atoms.